The van der Waals surface area contributed by atoms with Crippen LogP contribution < -0.4 is 8.92 Å². The maximum absolute atomic E-state index is 12.9. The second-order valence-electron chi connectivity index (χ2n) is 7.89. The van der Waals surface area contributed by atoms with Crippen LogP contribution in [0.3, 0.4) is 0 Å². The first-order valence-electron chi connectivity index (χ1n) is 10.8. The predicted molar refractivity (Wildman–Crippen MR) is 135 cm³/mol. The van der Waals surface area contributed by atoms with E-state index in [0.29, 0.717) is 11.3 Å². The number of ether oxygens (including phenoxy) is 1. The molecule has 1 aliphatic rings. The van der Waals surface area contributed by atoms with Crippen LogP contribution in [0.15, 0.2) is 82.6 Å². The van der Waals surface area contributed by atoms with Gasteiger partial charge in [-0.2, -0.15) is 8.42 Å². The van der Waals surface area contributed by atoms with Crippen LogP contribution >= 0.6 is 11.8 Å². The molecule has 3 aromatic rings. The summed E-state index contributed by atoms with van der Waals surface area (Å²) in [6.07, 6.45) is 1.46. The number of hydrogen-bond acceptors (Lipinski definition) is 7. The van der Waals surface area contributed by atoms with Crippen LogP contribution in [0, 0.1) is 13.8 Å². The summed E-state index contributed by atoms with van der Waals surface area (Å²) in [6, 6.07) is 20.2. The molecule has 7 nitrogen and oxygen atoms in total. The zero-order valence-corrected chi connectivity index (χ0v) is 20.8. The number of rotatable bonds is 8. The molecule has 3 aromatic carbocycles. The Morgan fingerprint density at radius 3 is 2.40 bits per heavy atom. The van der Waals surface area contributed by atoms with E-state index in [1.165, 1.54) is 24.3 Å². The number of hydrogen-bond donors (Lipinski definition) is 0. The van der Waals surface area contributed by atoms with Gasteiger partial charge in [-0.3, -0.25) is 14.5 Å². The largest absolute Gasteiger partial charge is 0.492 e. The van der Waals surface area contributed by atoms with E-state index in [1.54, 1.807) is 30.3 Å². The van der Waals surface area contributed by atoms with Gasteiger partial charge in [-0.1, -0.05) is 48.0 Å². The maximum Gasteiger partial charge on any atom is 0.339 e. The summed E-state index contributed by atoms with van der Waals surface area (Å²) in [5.74, 6) is 0.250. The van der Waals surface area contributed by atoms with E-state index >= 15 is 0 Å². The van der Waals surface area contributed by atoms with Gasteiger partial charge in [-0.05, 0) is 67.6 Å². The van der Waals surface area contributed by atoms with Gasteiger partial charge in [-0.15, -0.1) is 0 Å². The van der Waals surface area contributed by atoms with Gasteiger partial charge in [0, 0.05) is 5.56 Å². The monoisotopic (exact) mass is 509 g/mol. The molecule has 0 saturated carbocycles. The van der Waals surface area contributed by atoms with Crippen molar-refractivity contribution in [1.82, 2.24) is 4.90 Å². The Bertz CT molecular complexity index is 1400. The van der Waals surface area contributed by atoms with E-state index in [1.807, 2.05) is 38.1 Å². The van der Waals surface area contributed by atoms with Crippen LogP contribution in [0.5, 0.6) is 11.5 Å². The van der Waals surface area contributed by atoms with Gasteiger partial charge in [0.25, 0.3) is 11.1 Å². The number of nitrogens with zero attached hydrogens (tertiary/aromatic N) is 1. The average Bonchev–Trinajstić information content (AvgIpc) is 3.08. The van der Waals surface area contributed by atoms with Crippen molar-refractivity contribution < 1.29 is 26.9 Å². The molecule has 0 aliphatic carbocycles. The van der Waals surface area contributed by atoms with Gasteiger partial charge >= 0.3 is 10.1 Å². The van der Waals surface area contributed by atoms with Crippen molar-refractivity contribution in [1.29, 1.82) is 0 Å². The minimum Gasteiger partial charge on any atom is -0.492 e. The first-order valence-corrected chi connectivity index (χ1v) is 13.0. The van der Waals surface area contributed by atoms with E-state index in [-0.39, 0.29) is 28.7 Å². The number of imide groups is 1. The standard InChI is InChI=1S/C26H23NO6S2/c1-18-10-12-22(13-11-18)35(30,31)33-23-9-4-3-7-20(23)17-24-25(28)27(26(29)34-24)14-15-32-21-8-5-6-19(2)16-21/h3-13,16-17H,14-15H2,1-2H3/b24-17-. The summed E-state index contributed by atoms with van der Waals surface area (Å²) >= 11 is 0.788. The Hall–Kier alpha value is -3.56. The molecule has 0 spiro atoms. The van der Waals surface area contributed by atoms with E-state index in [9.17, 15) is 18.0 Å². The van der Waals surface area contributed by atoms with Gasteiger partial charge < -0.3 is 8.92 Å². The highest BCUT2D eigenvalue weighted by molar-refractivity contribution is 8.18. The Morgan fingerprint density at radius 1 is 0.914 bits per heavy atom. The van der Waals surface area contributed by atoms with Crippen molar-refractivity contribution in [3.8, 4) is 11.5 Å². The van der Waals surface area contributed by atoms with E-state index in [2.05, 4.69) is 0 Å². The van der Waals surface area contributed by atoms with Crippen molar-refractivity contribution >= 4 is 39.1 Å². The number of thioether (sulfide) groups is 1. The average molecular weight is 510 g/mol. The Morgan fingerprint density at radius 2 is 1.66 bits per heavy atom. The summed E-state index contributed by atoms with van der Waals surface area (Å²) in [5.41, 5.74) is 2.33. The van der Waals surface area contributed by atoms with E-state index in [4.69, 9.17) is 8.92 Å². The minimum absolute atomic E-state index is 0.0202. The summed E-state index contributed by atoms with van der Waals surface area (Å²) in [4.78, 5) is 26.6. The maximum atomic E-state index is 12.9. The third-order valence-corrected chi connectivity index (χ3v) is 7.32. The number of benzene rings is 3. The molecule has 1 aliphatic heterocycles. The van der Waals surface area contributed by atoms with Crippen molar-refractivity contribution in [2.75, 3.05) is 13.2 Å². The summed E-state index contributed by atoms with van der Waals surface area (Å²) < 4.78 is 36.5. The highest BCUT2D eigenvalue weighted by atomic mass is 32.2. The molecular formula is C26H23NO6S2. The molecule has 35 heavy (non-hydrogen) atoms. The van der Waals surface area contributed by atoms with Gasteiger partial charge in [0.1, 0.15) is 23.0 Å². The van der Waals surface area contributed by atoms with E-state index < -0.39 is 21.3 Å². The summed E-state index contributed by atoms with van der Waals surface area (Å²) in [6.45, 7) is 4.05. The van der Waals surface area contributed by atoms with Crippen LogP contribution in [0.25, 0.3) is 6.08 Å². The number of para-hydroxylation sites is 1. The second-order valence-corrected chi connectivity index (χ2v) is 10.4. The highest BCUT2D eigenvalue weighted by Crippen LogP contribution is 2.34. The molecule has 0 bridgehead atoms. The Kier molecular flexibility index (Phi) is 7.28. The quantitative estimate of drug-likeness (QED) is 0.305. The van der Waals surface area contributed by atoms with Crippen LogP contribution in [-0.2, 0) is 14.9 Å². The predicted octanol–water partition coefficient (Wildman–Crippen LogP) is 5.19. The van der Waals surface area contributed by atoms with Gasteiger partial charge in [-0.25, -0.2) is 0 Å². The lowest BCUT2D eigenvalue weighted by atomic mass is 10.2. The molecule has 9 heteroatoms. The number of carbonyl (C=O) groups is 2. The third kappa shape index (κ3) is 5.93. The Labute approximate surface area is 208 Å². The molecule has 0 unspecified atom stereocenters. The van der Waals surface area contributed by atoms with Crippen LogP contribution in [0.1, 0.15) is 16.7 Å². The normalized spacial score (nSPS) is 15.0. The fourth-order valence-electron chi connectivity index (χ4n) is 3.34. The molecule has 2 amide bonds. The lowest BCUT2D eigenvalue weighted by molar-refractivity contribution is -0.123. The fraction of sp³-hybridized carbons (Fsp3) is 0.154. The summed E-state index contributed by atoms with van der Waals surface area (Å²) in [5, 5.41) is -0.417. The number of carbonyl (C=O) groups excluding carboxylic acids is 2. The van der Waals surface area contributed by atoms with Crippen molar-refractivity contribution in [2.24, 2.45) is 0 Å². The first-order chi connectivity index (χ1) is 16.7. The zero-order chi connectivity index (χ0) is 25.0. The smallest absolute Gasteiger partial charge is 0.339 e. The molecule has 0 N–H and O–H groups in total. The van der Waals surface area contributed by atoms with Gasteiger partial charge in [0.15, 0.2) is 0 Å². The third-order valence-electron chi connectivity index (χ3n) is 5.16. The van der Waals surface area contributed by atoms with Crippen molar-refractivity contribution in [2.45, 2.75) is 18.7 Å². The molecule has 0 radical (unpaired) electrons. The van der Waals surface area contributed by atoms with Crippen LogP contribution in [-0.4, -0.2) is 37.6 Å². The number of amides is 2. The molecule has 180 valence electrons. The highest BCUT2D eigenvalue weighted by Gasteiger charge is 2.35. The lowest BCUT2D eigenvalue weighted by Crippen LogP contribution is -2.32. The molecule has 1 heterocycles. The SMILES string of the molecule is Cc1ccc(S(=O)(=O)Oc2ccccc2/C=C2\SC(=O)N(CCOc3cccc(C)c3)C2=O)cc1. The Balaban J connectivity index is 1.48. The molecule has 1 saturated heterocycles. The summed E-state index contributed by atoms with van der Waals surface area (Å²) in [7, 11) is -4.08. The molecule has 0 aromatic heterocycles. The number of aryl methyl sites for hydroxylation is 2. The lowest BCUT2D eigenvalue weighted by Gasteiger charge is -2.13. The molecule has 4 rings (SSSR count). The minimum atomic E-state index is -4.08. The van der Waals surface area contributed by atoms with Gasteiger partial charge in [0.05, 0.1) is 11.4 Å². The molecule has 1 fully saturated rings. The molecule has 0 atom stereocenters. The topological polar surface area (TPSA) is 90.0 Å². The second kappa shape index (κ2) is 10.4. The first kappa shape index (κ1) is 24.6. The zero-order valence-electron chi connectivity index (χ0n) is 19.1. The van der Waals surface area contributed by atoms with Crippen molar-refractivity contribution in [3.63, 3.8) is 0 Å². The van der Waals surface area contributed by atoms with Crippen LogP contribution in [0.2, 0.25) is 0 Å². The van der Waals surface area contributed by atoms with E-state index in [0.717, 1.165) is 27.8 Å². The van der Waals surface area contributed by atoms with Gasteiger partial charge in [0.2, 0.25) is 0 Å². The van der Waals surface area contributed by atoms with Crippen LogP contribution in [0.4, 0.5) is 4.79 Å². The fourth-order valence-corrected chi connectivity index (χ4v) is 5.15. The van der Waals surface area contributed by atoms with Crippen molar-refractivity contribution in [3.05, 3.63) is 94.4 Å². The molecular weight excluding hydrogens is 486 g/mol.